The second-order valence-electron chi connectivity index (χ2n) is 5.51. The first-order chi connectivity index (χ1) is 11.6. The molecule has 8 heteroatoms. The highest BCUT2D eigenvalue weighted by molar-refractivity contribution is 9.10. The number of nitrogens with one attached hydrogen (secondary N) is 1. The number of anilines is 1. The van der Waals surface area contributed by atoms with Crippen LogP contribution in [0.3, 0.4) is 0 Å². The van der Waals surface area contributed by atoms with Crippen LogP contribution in [0.2, 0.25) is 5.02 Å². The quantitative estimate of drug-likeness (QED) is 0.623. The minimum absolute atomic E-state index is 0.0437. The van der Waals surface area contributed by atoms with E-state index in [1.165, 1.54) is 11.3 Å². The molecule has 0 unspecified atom stereocenters. The Morgan fingerprint density at radius 2 is 2.21 bits per heavy atom. The summed E-state index contributed by atoms with van der Waals surface area (Å²) in [4.78, 5) is 17.1. The number of nitrogens with zero attached hydrogens (tertiary/aromatic N) is 2. The standard InChI is InChI=1S/C16H11BrClN3O2S/c17-9-5-13(24-7-9)14-20-16(23-21-14)11-4-3-10(6-12(11)18)19-15(22)8-1-2-8/h3-8H,1-2H2,(H,19,22). The van der Waals surface area contributed by atoms with Crippen molar-refractivity contribution >= 4 is 50.5 Å². The van der Waals surface area contributed by atoms with Crippen molar-refractivity contribution in [2.75, 3.05) is 5.32 Å². The molecule has 1 amide bonds. The van der Waals surface area contributed by atoms with E-state index >= 15 is 0 Å². The molecule has 0 radical (unpaired) electrons. The van der Waals surface area contributed by atoms with Gasteiger partial charge in [-0.15, -0.1) is 11.3 Å². The van der Waals surface area contributed by atoms with Gasteiger partial charge in [-0.2, -0.15) is 4.98 Å². The smallest absolute Gasteiger partial charge is 0.259 e. The van der Waals surface area contributed by atoms with E-state index in [-0.39, 0.29) is 11.8 Å². The van der Waals surface area contributed by atoms with Crippen LogP contribution in [0.4, 0.5) is 5.69 Å². The van der Waals surface area contributed by atoms with E-state index in [1.807, 2.05) is 11.4 Å². The largest absolute Gasteiger partial charge is 0.334 e. The Labute approximate surface area is 155 Å². The lowest BCUT2D eigenvalue weighted by atomic mass is 10.2. The first-order valence-corrected chi connectivity index (χ1v) is 9.34. The van der Waals surface area contributed by atoms with Gasteiger partial charge in [0, 0.05) is 21.5 Å². The van der Waals surface area contributed by atoms with Crippen molar-refractivity contribution < 1.29 is 9.32 Å². The lowest BCUT2D eigenvalue weighted by molar-refractivity contribution is -0.117. The maximum absolute atomic E-state index is 11.8. The molecule has 24 heavy (non-hydrogen) atoms. The van der Waals surface area contributed by atoms with Crippen molar-refractivity contribution in [2.24, 2.45) is 5.92 Å². The van der Waals surface area contributed by atoms with Gasteiger partial charge in [-0.1, -0.05) is 16.8 Å². The van der Waals surface area contributed by atoms with Gasteiger partial charge in [0.15, 0.2) is 0 Å². The highest BCUT2D eigenvalue weighted by Gasteiger charge is 2.29. The molecule has 0 atom stereocenters. The number of hydrogen-bond donors (Lipinski definition) is 1. The van der Waals surface area contributed by atoms with Gasteiger partial charge in [0.05, 0.1) is 15.5 Å². The van der Waals surface area contributed by atoms with Crippen LogP contribution >= 0.6 is 38.9 Å². The summed E-state index contributed by atoms with van der Waals surface area (Å²) in [6.07, 6.45) is 1.92. The topological polar surface area (TPSA) is 68.0 Å². The Balaban J connectivity index is 1.57. The van der Waals surface area contributed by atoms with Gasteiger partial charge in [-0.25, -0.2) is 0 Å². The molecule has 0 bridgehead atoms. The molecular formula is C16H11BrClN3O2S. The van der Waals surface area contributed by atoms with Gasteiger partial charge in [0.25, 0.3) is 5.89 Å². The summed E-state index contributed by atoms with van der Waals surface area (Å²) in [5, 5.41) is 9.26. The predicted octanol–water partition coefficient (Wildman–Crippen LogP) is 5.23. The van der Waals surface area contributed by atoms with Gasteiger partial charge in [0.2, 0.25) is 11.7 Å². The zero-order valence-electron chi connectivity index (χ0n) is 12.3. The van der Waals surface area contributed by atoms with E-state index in [0.29, 0.717) is 28.0 Å². The van der Waals surface area contributed by atoms with Crippen LogP contribution < -0.4 is 5.32 Å². The Morgan fingerprint density at radius 3 is 2.88 bits per heavy atom. The number of aromatic nitrogens is 2. The van der Waals surface area contributed by atoms with Gasteiger partial charge < -0.3 is 9.84 Å². The predicted molar refractivity (Wildman–Crippen MR) is 97.1 cm³/mol. The van der Waals surface area contributed by atoms with Gasteiger partial charge in [-0.05, 0) is 53.0 Å². The van der Waals surface area contributed by atoms with Crippen LogP contribution in [0.1, 0.15) is 12.8 Å². The summed E-state index contributed by atoms with van der Waals surface area (Å²) in [6.45, 7) is 0. The molecule has 1 N–H and O–H groups in total. The summed E-state index contributed by atoms with van der Waals surface area (Å²) in [5.74, 6) is 1.05. The lowest BCUT2D eigenvalue weighted by Crippen LogP contribution is -2.13. The highest BCUT2D eigenvalue weighted by Crippen LogP contribution is 2.34. The maximum Gasteiger partial charge on any atom is 0.259 e. The summed E-state index contributed by atoms with van der Waals surface area (Å²) in [6, 6.07) is 7.18. The summed E-state index contributed by atoms with van der Waals surface area (Å²) >= 11 is 11.2. The van der Waals surface area contributed by atoms with E-state index in [4.69, 9.17) is 16.1 Å². The monoisotopic (exact) mass is 423 g/mol. The average Bonchev–Trinajstić information content (AvgIpc) is 3.14. The van der Waals surface area contributed by atoms with Crippen molar-refractivity contribution in [1.29, 1.82) is 0 Å². The van der Waals surface area contributed by atoms with E-state index < -0.39 is 0 Å². The Kier molecular flexibility index (Phi) is 4.15. The number of amides is 1. The molecule has 0 aliphatic heterocycles. The molecule has 0 spiro atoms. The van der Waals surface area contributed by atoms with Crippen LogP contribution in [-0.4, -0.2) is 16.0 Å². The fourth-order valence-corrected chi connectivity index (χ4v) is 3.83. The second-order valence-corrected chi connectivity index (χ2v) is 7.74. The average molecular weight is 425 g/mol. The number of halogens is 2. The second kappa shape index (κ2) is 6.31. The van der Waals surface area contributed by atoms with E-state index in [0.717, 1.165) is 22.2 Å². The zero-order chi connectivity index (χ0) is 16.7. The molecule has 122 valence electrons. The number of benzene rings is 1. The van der Waals surface area contributed by atoms with Crippen LogP contribution in [-0.2, 0) is 4.79 Å². The van der Waals surface area contributed by atoms with E-state index in [2.05, 4.69) is 31.4 Å². The Hall–Kier alpha value is -1.70. The summed E-state index contributed by atoms with van der Waals surface area (Å²) in [7, 11) is 0. The van der Waals surface area contributed by atoms with Crippen LogP contribution in [0.15, 0.2) is 38.6 Å². The molecule has 1 fully saturated rings. The first-order valence-electron chi connectivity index (χ1n) is 7.29. The SMILES string of the molecule is O=C(Nc1ccc(-c2nc(-c3cc(Br)cs3)no2)c(Cl)c1)C1CC1. The molecule has 2 aromatic heterocycles. The molecule has 2 heterocycles. The summed E-state index contributed by atoms with van der Waals surface area (Å²) in [5.41, 5.74) is 1.30. The van der Waals surface area contributed by atoms with Crippen molar-refractivity contribution in [3.8, 4) is 22.2 Å². The molecule has 1 aromatic carbocycles. The summed E-state index contributed by atoms with van der Waals surface area (Å²) < 4.78 is 6.30. The highest BCUT2D eigenvalue weighted by atomic mass is 79.9. The van der Waals surface area contributed by atoms with Gasteiger partial charge in [0.1, 0.15) is 0 Å². The molecule has 3 aromatic rings. The number of thiophene rings is 1. The fourth-order valence-electron chi connectivity index (χ4n) is 2.22. The Bertz CT molecular complexity index is 920. The minimum atomic E-state index is 0.0437. The van der Waals surface area contributed by atoms with Crippen molar-refractivity contribution in [3.63, 3.8) is 0 Å². The molecule has 4 rings (SSSR count). The van der Waals surface area contributed by atoms with Crippen LogP contribution in [0.25, 0.3) is 22.2 Å². The van der Waals surface area contributed by atoms with Crippen molar-refractivity contribution in [1.82, 2.24) is 10.1 Å². The molecule has 1 aliphatic rings. The Morgan fingerprint density at radius 1 is 1.38 bits per heavy atom. The van der Waals surface area contributed by atoms with Crippen molar-refractivity contribution in [3.05, 3.63) is 39.1 Å². The fraction of sp³-hybridized carbons (Fsp3) is 0.188. The van der Waals surface area contributed by atoms with E-state index in [1.54, 1.807) is 18.2 Å². The minimum Gasteiger partial charge on any atom is -0.334 e. The third-order valence-corrected chi connectivity index (χ3v) is 5.63. The van der Waals surface area contributed by atoms with Gasteiger partial charge in [-0.3, -0.25) is 4.79 Å². The first kappa shape index (κ1) is 15.8. The number of carbonyl (C=O) groups excluding carboxylic acids is 1. The number of rotatable bonds is 4. The number of hydrogen-bond acceptors (Lipinski definition) is 5. The normalized spacial score (nSPS) is 13.9. The molecule has 1 saturated carbocycles. The molecule has 5 nitrogen and oxygen atoms in total. The maximum atomic E-state index is 11.8. The van der Waals surface area contributed by atoms with Crippen LogP contribution in [0, 0.1) is 5.92 Å². The van der Waals surface area contributed by atoms with Crippen molar-refractivity contribution in [2.45, 2.75) is 12.8 Å². The lowest BCUT2D eigenvalue weighted by Gasteiger charge is -2.06. The molecule has 0 saturated heterocycles. The third kappa shape index (κ3) is 3.24. The van der Waals surface area contributed by atoms with Gasteiger partial charge >= 0.3 is 0 Å². The molecule has 1 aliphatic carbocycles. The van der Waals surface area contributed by atoms with Crippen LogP contribution in [0.5, 0.6) is 0 Å². The number of carbonyl (C=O) groups is 1. The zero-order valence-corrected chi connectivity index (χ0v) is 15.4. The van der Waals surface area contributed by atoms with E-state index in [9.17, 15) is 4.79 Å². The molecular weight excluding hydrogens is 414 g/mol. The third-order valence-electron chi connectivity index (χ3n) is 3.63.